The van der Waals surface area contributed by atoms with E-state index < -0.39 is 30.1 Å². The molecule has 1 aliphatic heterocycles. The van der Waals surface area contributed by atoms with Crippen molar-refractivity contribution >= 4 is 18.0 Å². The Morgan fingerprint density at radius 2 is 1.79 bits per heavy atom. The van der Waals surface area contributed by atoms with Gasteiger partial charge in [-0.25, -0.2) is 9.59 Å². The van der Waals surface area contributed by atoms with Gasteiger partial charge in [0.25, 0.3) is 0 Å². The van der Waals surface area contributed by atoms with Crippen molar-refractivity contribution in [1.29, 1.82) is 5.26 Å². The third kappa shape index (κ3) is 6.58. The second-order valence-corrected chi connectivity index (χ2v) is 8.14. The van der Waals surface area contributed by atoms with E-state index in [4.69, 9.17) is 14.7 Å². The molecule has 0 bridgehead atoms. The van der Waals surface area contributed by atoms with Crippen molar-refractivity contribution in [2.24, 2.45) is 0 Å². The molecule has 0 saturated heterocycles. The van der Waals surface area contributed by atoms with E-state index in [1.807, 2.05) is 54.6 Å². The summed E-state index contributed by atoms with van der Waals surface area (Å²) in [6.07, 6.45) is 1.65. The Labute approximate surface area is 199 Å². The summed E-state index contributed by atoms with van der Waals surface area (Å²) in [5.41, 5.74) is 2.76. The summed E-state index contributed by atoms with van der Waals surface area (Å²) in [6.45, 7) is 0.322. The molecule has 2 aromatic rings. The Kier molecular flexibility index (Phi) is 9.04. The molecule has 0 aromatic heterocycles. The highest BCUT2D eigenvalue weighted by Crippen LogP contribution is 2.25. The average molecular weight is 464 g/mol. The monoisotopic (exact) mass is 463 g/mol. The molecular formula is C26H29N3O5. The van der Waals surface area contributed by atoms with Gasteiger partial charge in [-0.3, -0.25) is 9.69 Å². The van der Waals surface area contributed by atoms with Gasteiger partial charge in [0.2, 0.25) is 5.91 Å². The number of esters is 1. The molecule has 1 aliphatic rings. The van der Waals surface area contributed by atoms with Gasteiger partial charge in [0.1, 0.15) is 18.7 Å². The molecule has 8 nitrogen and oxygen atoms in total. The Hall–Kier alpha value is -3.86. The molecule has 1 N–H and O–H groups in total. The summed E-state index contributed by atoms with van der Waals surface area (Å²) in [7, 11) is 1.26. The van der Waals surface area contributed by atoms with Crippen LogP contribution in [0.25, 0.3) is 0 Å². The first-order valence-corrected chi connectivity index (χ1v) is 11.3. The van der Waals surface area contributed by atoms with Crippen LogP contribution < -0.4 is 5.32 Å². The molecule has 0 radical (unpaired) electrons. The van der Waals surface area contributed by atoms with Crippen LogP contribution in [0.15, 0.2) is 54.6 Å². The van der Waals surface area contributed by atoms with E-state index in [1.54, 1.807) is 0 Å². The number of rotatable bonds is 9. The Morgan fingerprint density at radius 1 is 1.09 bits per heavy atom. The normalized spacial score (nSPS) is 15.4. The van der Waals surface area contributed by atoms with E-state index >= 15 is 0 Å². The van der Waals surface area contributed by atoms with Gasteiger partial charge in [-0.15, -0.1) is 0 Å². The highest BCUT2D eigenvalue weighted by molar-refractivity contribution is 5.90. The van der Waals surface area contributed by atoms with E-state index in [0.717, 1.165) is 16.7 Å². The standard InChI is InChI=1S/C26H29N3O5/c1-33-25(31)22(14-6-3-9-15-27)28-24(30)23-16-20-12-7-8-13-21(20)17-29(23)26(32)34-18-19-10-4-2-5-11-19/h2,4-5,7-8,10-13,22-23H,3,6,9,14,16-18H2,1H3,(H,28,30)/t22-,23+/m1/s1. The summed E-state index contributed by atoms with van der Waals surface area (Å²) in [5, 5.41) is 11.5. The minimum atomic E-state index is -0.851. The molecule has 2 amide bonds. The number of nitrogens with one attached hydrogen (secondary N) is 1. The van der Waals surface area contributed by atoms with Crippen LogP contribution in [0.5, 0.6) is 0 Å². The number of hydrogen-bond donors (Lipinski definition) is 1. The molecule has 3 rings (SSSR count). The molecule has 0 unspecified atom stereocenters. The summed E-state index contributed by atoms with van der Waals surface area (Å²) in [6, 6.07) is 17.3. The number of methoxy groups -OCH3 is 1. The molecular weight excluding hydrogens is 434 g/mol. The number of unbranched alkanes of at least 4 members (excludes halogenated alkanes) is 2. The van der Waals surface area contributed by atoms with E-state index in [2.05, 4.69) is 11.4 Å². The second kappa shape index (κ2) is 12.4. The van der Waals surface area contributed by atoms with Crippen molar-refractivity contribution in [2.45, 2.75) is 57.3 Å². The molecule has 34 heavy (non-hydrogen) atoms. The molecule has 178 valence electrons. The molecule has 1 heterocycles. The van der Waals surface area contributed by atoms with Crippen molar-refractivity contribution in [3.05, 3.63) is 71.3 Å². The first kappa shape index (κ1) is 24.8. The van der Waals surface area contributed by atoms with Crippen LogP contribution in [-0.4, -0.2) is 42.1 Å². The average Bonchev–Trinajstić information content (AvgIpc) is 2.88. The highest BCUT2D eigenvalue weighted by atomic mass is 16.6. The maximum absolute atomic E-state index is 13.3. The summed E-state index contributed by atoms with van der Waals surface area (Å²) >= 11 is 0. The lowest BCUT2D eigenvalue weighted by Crippen LogP contribution is -2.55. The zero-order chi connectivity index (χ0) is 24.3. The van der Waals surface area contributed by atoms with Gasteiger partial charge in [0, 0.05) is 12.8 Å². The van der Waals surface area contributed by atoms with Crippen LogP contribution >= 0.6 is 0 Å². The van der Waals surface area contributed by atoms with E-state index in [9.17, 15) is 14.4 Å². The van der Waals surface area contributed by atoms with Gasteiger partial charge in [-0.2, -0.15) is 5.26 Å². The van der Waals surface area contributed by atoms with Crippen LogP contribution in [0.2, 0.25) is 0 Å². The number of nitriles is 1. The van der Waals surface area contributed by atoms with Gasteiger partial charge >= 0.3 is 12.1 Å². The fourth-order valence-corrected chi connectivity index (χ4v) is 3.96. The van der Waals surface area contributed by atoms with Gasteiger partial charge in [0.15, 0.2) is 0 Å². The van der Waals surface area contributed by atoms with Crippen LogP contribution in [-0.2, 0) is 38.6 Å². The third-order valence-electron chi connectivity index (χ3n) is 5.82. The highest BCUT2D eigenvalue weighted by Gasteiger charge is 2.37. The third-order valence-corrected chi connectivity index (χ3v) is 5.82. The van der Waals surface area contributed by atoms with Crippen molar-refractivity contribution in [2.75, 3.05) is 7.11 Å². The quantitative estimate of drug-likeness (QED) is 0.450. The molecule has 2 aromatic carbocycles. The van der Waals surface area contributed by atoms with Crippen LogP contribution in [0.3, 0.4) is 0 Å². The Bertz CT molecular complexity index is 1030. The minimum Gasteiger partial charge on any atom is -0.467 e. The lowest BCUT2D eigenvalue weighted by molar-refractivity contribution is -0.146. The smallest absolute Gasteiger partial charge is 0.411 e. The first-order valence-electron chi connectivity index (χ1n) is 11.3. The molecule has 0 aliphatic carbocycles. The van der Waals surface area contributed by atoms with Gasteiger partial charge in [-0.05, 0) is 36.0 Å². The zero-order valence-electron chi connectivity index (χ0n) is 19.2. The Morgan fingerprint density at radius 3 is 2.50 bits per heavy atom. The van der Waals surface area contributed by atoms with E-state index in [1.165, 1.54) is 12.0 Å². The van der Waals surface area contributed by atoms with Gasteiger partial charge < -0.3 is 14.8 Å². The Balaban J connectivity index is 1.74. The van der Waals surface area contributed by atoms with Crippen LogP contribution in [0, 0.1) is 11.3 Å². The predicted molar refractivity (Wildman–Crippen MR) is 124 cm³/mol. The van der Waals surface area contributed by atoms with Crippen molar-refractivity contribution in [3.63, 3.8) is 0 Å². The second-order valence-electron chi connectivity index (χ2n) is 8.14. The topological polar surface area (TPSA) is 109 Å². The molecule has 2 atom stereocenters. The van der Waals surface area contributed by atoms with Gasteiger partial charge in [0.05, 0.1) is 19.7 Å². The van der Waals surface area contributed by atoms with Crippen LogP contribution in [0.1, 0.15) is 42.4 Å². The van der Waals surface area contributed by atoms with E-state index in [0.29, 0.717) is 32.1 Å². The minimum absolute atomic E-state index is 0.0931. The molecule has 0 spiro atoms. The summed E-state index contributed by atoms with van der Waals surface area (Å²) < 4.78 is 10.4. The van der Waals surface area contributed by atoms with Crippen molar-refractivity contribution in [3.8, 4) is 6.07 Å². The summed E-state index contributed by atoms with van der Waals surface area (Å²) in [4.78, 5) is 40.0. The van der Waals surface area contributed by atoms with Gasteiger partial charge in [-0.1, -0.05) is 54.6 Å². The number of benzene rings is 2. The summed E-state index contributed by atoms with van der Waals surface area (Å²) in [5.74, 6) is -0.999. The fourth-order valence-electron chi connectivity index (χ4n) is 3.96. The molecule has 8 heteroatoms. The zero-order valence-corrected chi connectivity index (χ0v) is 19.2. The van der Waals surface area contributed by atoms with Crippen LogP contribution in [0.4, 0.5) is 4.79 Å². The van der Waals surface area contributed by atoms with Crippen molar-refractivity contribution < 1.29 is 23.9 Å². The lowest BCUT2D eigenvalue weighted by atomic mass is 9.93. The number of ether oxygens (including phenoxy) is 2. The maximum Gasteiger partial charge on any atom is 0.411 e. The fraction of sp³-hybridized carbons (Fsp3) is 0.385. The maximum atomic E-state index is 13.3. The number of nitrogens with zero attached hydrogens (tertiary/aromatic N) is 2. The lowest BCUT2D eigenvalue weighted by Gasteiger charge is -2.35. The van der Waals surface area contributed by atoms with E-state index in [-0.39, 0.29) is 13.2 Å². The van der Waals surface area contributed by atoms with Crippen molar-refractivity contribution in [1.82, 2.24) is 10.2 Å². The number of fused-ring (bicyclic) bond motifs is 1. The largest absolute Gasteiger partial charge is 0.467 e. The number of carbonyl (C=O) groups is 3. The first-order chi connectivity index (χ1) is 16.5. The predicted octanol–water partition coefficient (Wildman–Crippen LogP) is 3.49. The number of carbonyl (C=O) groups excluding carboxylic acids is 3. The number of hydrogen-bond acceptors (Lipinski definition) is 6. The number of amides is 2. The molecule has 0 saturated carbocycles. The molecule has 0 fully saturated rings. The SMILES string of the molecule is COC(=O)[C@@H](CCCCC#N)NC(=O)[C@@H]1Cc2ccccc2CN1C(=O)OCc1ccccc1.